The number of ketones is 1. The van der Waals surface area contributed by atoms with Gasteiger partial charge in [-0.1, -0.05) is 38.5 Å². The van der Waals surface area contributed by atoms with Gasteiger partial charge in [-0.2, -0.15) is 0 Å². The van der Waals surface area contributed by atoms with Gasteiger partial charge in [0.2, 0.25) is 0 Å². The lowest BCUT2D eigenvalue weighted by atomic mass is 9.80. The number of hydrogen-bond donors (Lipinski definition) is 0. The Morgan fingerprint density at radius 1 is 0.850 bits per heavy atom. The Bertz CT molecular complexity index is 442. The smallest absolute Gasteiger partial charge is 0.156 e. The Kier molecular flexibility index (Phi) is 4.21. The van der Waals surface area contributed by atoms with Crippen LogP contribution in [-0.2, 0) is 14.6 Å². The van der Waals surface area contributed by atoms with E-state index in [9.17, 15) is 13.2 Å². The highest BCUT2D eigenvalue weighted by molar-refractivity contribution is 7.92. The standard InChI is InChI=1S/C16H26O3S/c17-16(9-12-5-2-1-3-6-12)13-10-14-7-4-8-15(11-13)20(14,18)19/h12-15H,1-11H2. The molecule has 2 atom stereocenters. The van der Waals surface area contributed by atoms with E-state index < -0.39 is 9.84 Å². The van der Waals surface area contributed by atoms with Crippen LogP contribution in [0.2, 0.25) is 0 Å². The SMILES string of the molecule is O=C(CC1CCCCC1)C1CC2CCCC(C1)S2(=O)=O. The van der Waals surface area contributed by atoms with Gasteiger partial charge in [0, 0.05) is 12.3 Å². The maximum Gasteiger partial charge on any atom is 0.156 e. The third kappa shape index (κ3) is 2.81. The average Bonchev–Trinajstić information content (AvgIpc) is 2.38. The average molecular weight is 298 g/mol. The molecule has 3 nitrogen and oxygen atoms in total. The highest BCUT2D eigenvalue weighted by Crippen LogP contribution is 2.40. The predicted octanol–water partition coefficient (Wildman–Crippen LogP) is 3.27. The van der Waals surface area contributed by atoms with E-state index in [4.69, 9.17) is 0 Å². The van der Waals surface area contributed by atoms with Crippen molar-refractivity contribution in [2.75, 3.05) is 0 Å². The van der Waals surface area contributed by atoms with E-state index in [0.29, 0.717) is 31.0 Å². The molecule has 3 aliphatic rings. The van der Waals surface area contributed by atoms with Crippen molar-refractivity contribution in [3.8, 4) is 0 Å². The van der Waals surface area contributed by atoms with Crippen LogP contribution in [0.5, 0.6) is 0 Å². The summed E-state index contributed by atoms with van der Waals surface area (Å²) in [7, 11) is -2.92. The number of carbonyl (C=O) groups is 1. The summed E-state index contributed by atoms with van der Waals surface area (Å²) in [4.78, 5) is 12.5. The summed E-state index contributed by atoms with van der Waals surface area (Å²) >= 11 is 0. The zero-order valence-corrected chi connectivity index (χ0v) is 13.0. The Morgan fingerprint density at radius 2 is 1.45 bits per heavy atom. The van der Waals surface area contributed by atoms with Crippen LogP contribution in [0.25, 0.3) is 0 Å². The summed E-state index contributed by atoms with van der Waals surface area (Å²) in [6.45, 7) is 0. The second-order valence-corrected chi connectivity index (χ2v) is 9.62. The fourth-order valence-electron chi connectivity index (χ4n) is 4.51. The largest absolute Gasteiger partial charge is 0.299 e. The van der Waals surface area contributed by atoms with E-state index in [-0.39, 0.29) is 16.4 Å². The van der Waals surface area contributed by atoms with E-state index >= 15 is 0 Å². The number of sulfone groups is 1. The van der Waals surface area contributed by atoms with Crippen LogP contribution in [0.3, 0.4) is 0 Å². The van der Waals surface area contributed by atoms with Crippen molar-refractivity contribution in [2.24, 2.45) is 11.8 Å². The monoisotopic (exact) mass is 298 g/mol. The molecule has 0 aromatic rings. The number of fused-ring (bicyclic) bond motifs is 2. The van der Waals surface area contributed by atoms with Crippen molar-refractivity contribution < 1.29 is 13.2 Å². The van der Waals surface area contributed by atoms with Crippen molar-refractivity contribution in [1.29, 1.82) is 0 Å². The van der Waals surface area contributed by atoms with Crippen LogP contribution in [0, 0.1) is 11.8 Å². The summed E-state index contributed by atoms with van der Waals surface area (Å²) < 4.78 is 24.5. The molecule has 0 aromatic heterocycles. The molecule has 114 valence electrons. The topological polar surface area (TPSA) is 51.2 Å². The molecule has 0 aromatic carbocycles. The van der Waals surface area contributed by atoms with Gasteiger partial charge in [-0.25, -0.2) is 8.42 Å². The molecule has 3 rings (SSSR count). The van der Waals surface area contributed by atoms with Crippen molar-refractivity contribution in [3.05, 3.63) is 0 Å². The molecule has 0 N–H and O–H groups in total. The Labute approximate surface area is 122 Å². The van der Waals surface area contributed by atoms with E-state index in [0.717, 1.165) is 19.3 Å². The van der Waals surface area contributed by atoms with Gasteiger partial charge < -0.3 is 0 Å². The van der Waals surface area contributed by atoms with Crippen LogP contribution in [0.15, 0.2) is 0 Å². The maximum atomic E-state index is 12.5. The molecule has 1 saturated carbocycles. The Balaban J connectivity index is 1.62. The lowest BCUT2D eigenvalue weighted by Crippen LogP contribution is -2.45. The van der Waals surface area contributed by atoms with Gasteiger partial charge in [-0.15, -0.1) is 0 Å². The van der Waals surface area contributed by atoms with Crippen molar-refractivity contribution in [2.45, 2.75) is 81.1 Å². The zero-order valence-electron chi connectivity index (χ0n) is 12.2. The summed E-state index contributed by atoms with van der Waals surface area (Å²) in [5, 5.41) is -0.425. The second-order valence-electron chi connectivity index (χ2n) is 7.11. The summed E-state index contributed by atoms with van der Waals surface area (Å²) in [6, 6.07) is 0. The van der Waals surface area contributed by atoms with Crippen molar-refractivity contribution >= 4 is 15.6 Å². The van der Waals surface area contributed by atoms with E-state index in [1.54, 1.807) is 0 Å². The second kappa shape index (κ2) is 5.78. The molecule has 1 aliphatic carbocycles. The van der Waals surface area contributed by atoms with Crippen LogP contribution in [0.4, 0.5) is 0 Å². The maximum absolute atomic E-state index is 12.5. The molecular weight excluding hydrogens is 272 g/mol. The molecule has 2 aliphatic heterocycles. The lowest BCUT2D eigenvalue weighted by Gasteiger charge is -2.38. The van der Waals surface area contributed by atoms with Gasteiger partial charge in [0.1, 0.15) is 5.78 Å². The molecule has 3 fully saturated rings. The van der Waals surface area contributed by atoms with E-state index in [2.05, 4.69) is 0 Å². The van der Waals surface area contributed by atoms with Gasteiger partial charge in [0.15, 0.2) is 9.84 Å². The van der Waals surface area contributed by atoms with E-state index in [1.807, 2.05) is 0 Å². The molecule has 0 amide bonds. The number of rotatable bonds is 3. The first-order valence-corrected chi connectivity index (χ1v) is 9.93. The van der Waals surface area contributed by atoms with Crippen molar-refractivity contribution in [3.63, 3.8) is 0 Å². The van der Waals surface area contributed by atoms with Gasteiger partial charge in [0.05, 0.1) is 10.5 Å². The van der Waals surface area contributed by atoms with Crippen molar-refractivity contribution in [1.82, 2.24) is 0 Å². The first-order valence-electron chi connectivity index (χ1n) is 8.33. The third-order valence-corrected chi connectivity index (χ3v) is 8.46. The minimum Gasteiger partial charge on any atom is -0.299 e. The number of carbonyl (C=O) groups excluding carboxylic acids is 1. The zero-order chi connectivity index (χ0) is 14.2. The molecule has 0 radical (unpaired) electrons. The first-order chi connectivity index (χ1) is 9.57. The predicted molar refractivity (Wildman–Crippen MR) is 79.3 cm³/mol. The molecule has 20 heavy (non-hydrogen) atoms. The molecule has 2 heterocycles. The Hall–Kier alpha value is -0.380. The molecule has 4 heteroatoms. The Morgan fingerprint density at radius 3 is 2.05 bits per heavy atom. The summed E-state index contributed by atoms with van der Waals surface area (Å²) in [6.07, 6.45) is 10.8. The molecular formula is C16H26O3S. The minimum atomic E-state index is -2.92. The lowest BCUT2D eigenvalue weighted by molar-refractivity contribution is -0.124. The quantitative estimate of drug-likeness (QED) is 0.803. The third-order valence-electron chi connectivity index (χ3n) is 5.75. The van der Waals surface area contributed by atoms with Gasteiger partial charge in [0.25, 0.3) is 0 Å². The van der Waals surface area contributed by atoms with Crippen LogP contribution >= 0.6 is 0 Å². The molecule has 2 saturated heterocycles. The summed E-state index contributed by atoms with van der Waals surface area (Å²) in [5.41, 5.74) is 0. The van der Waals surface area contributed by atoms with Crippen LogP contribution in [-0.4, -0.2) is 24.7 Å². The fourth-order valence-corrected chi connectivity index (χ4v) is 7.05. The number of hydrogen-bond acceptors (Lipinski definition) is 3. The molecule has 2 bridgehead atoms. The first kappa shape index (κ1) is 14.6. The number of Topliss-reactive ketones (excluding diaryl/α,β-unsaturated/α-hetero) is 1. The van der Waals surface area contributed by atoms with Crippen LogP contribution in [0.1, 0.15) is 70.6 Å². The summed E-state index contributed by atoms with van der Waals surface area (Å²) in [5.74, 6) is 0.981. The molecule has 2 unspecified atom stereocenters. The fraction of sp³-hybridized carbons (Fsp3) is 0.938. The van der Waals surface area contributed by atoms with Gasteiger partial charge >= 0.3 is 0 Å². The van der Waals surface area contributed by atoms with Gasteiger partial charge in [-0.05, 0) is 31.6 Å². The highest BCUT2D eigenvalue weighted by Gasteiger charge is 2.45. The normalized spacial score (nSPS) is 37.5. The van der Waals surface area contributed by atoms with Crippen LogP contribution < -0.4 is 0 Å². The van der Waals surface area contributed by atoms with Gasteiger partial charge in [-0.3, -0.25) is 4.79 Å². The molecule has 0 spiro atoms. The minimum absolute atomic E-state index is 0.0377. The van der Waals surface area contributed by atoms with E-state index in [1.165, 1.54) is 32.1 Å². The highest BCUT2D eigenvalue weighted by atomic mass is 32.2.